The number of benzene rings is 2. The minimum atomic E-state index is -3.51. The molecule has 0 atom stereocenters. The van der Waals surface area contributed by atoms with Gasteiger partial charge in [-0.1, -0.05) is 24.3 Å². The van der Waals surface area contributed by atoms with Gasteiger partial charge < -0.3 is 10.5 Å². The quantitative estimate of drug-likeness (QED) is 0.940. The molecular formula is C16H14FNO3S. The van der Waals surface area contributed by atoms with E-state index >= 15 is 0 Å². The second kappa shape index (κ2) is 5.55. The van der Waals surface area contributed by atoms with Gasteiger partial charge in [0.25, 0.3) is 0 Å². The number of rotatable bonds is 4. The van der Waals surface area contributed by atoms with E-state index in [-0.39, 0.29) is 18.0 Å². The van der Waals surface area contributed by atoms with E-state index < -0.39 is 15.7 Å². The van der Waals surface area contributed by atoms with E-state index in [1.807, 2.05) is 0 Å². The first kappa shape index (κ1) is 14.7. The highest BCUT2D eigenvalue weighted by Gasteiger charge is 2.29. The number of ether oxygens (including phenoxy) is 1. The van der Waals surface area contributed by atoms with E-state index in [4.69, 9.17) is 10.5 Å². The minimum Gasteiger partial charge on any atom is -0.489 e. The zero-order chi connectivity index (χ0) is 15.7. The monoisotopic (exact) mass is 319 g/mol. The van der Waals surface area contributed by atoms with Crippen LogP contribution in [0.2, 0.25) is 0 Å². The molecular weight excluding hydrogens is 305 g/mol. The SMILES string of the molecule is NCc1cccc2c1S(=O)(=O)C=C2COc1cccc(F)c1. The minimum absolute atomic E-state index is 0.0453. The second-order valence-electron chi connectivity index (χ2n) is 4.93. The van der Waals surface area contributed by atoms with Crippen LogP contribution >= 0.6 is 0 Å². The Bertz CT molecular complexity index is 859. The number of halogens is 1. The molecule has 1 heterocycles. The molecule has 2 N–H and O–H groups in total. The first-order chi connectivity index (χ1) is 10.5. The Labute approximate surface area is 127 Å². The Hall–Kier alpha value is -2.18. The van der Waals surface area contributed by atoms with Gasteiger partial charge in [-0.3, -0.25) is 0 Å². The fraction of sp³-hybridized carbons (Fsp3) is 0.125. The van der Waals surface area contributed by atoms with Crippen molar-refractivity contribution in [3.8, 4) is 5.75 Å². The molecule has 4 nitrogen and oxygen atoms in total. The van der Waals surface area contributed by atoms with Crippen molar-refractivity contribution in [3.63, 3.8) is 0 Å². The van der Waals surface area contributed by atoms with Crippen LogP contribution in [-0.4, -0.2) is 15.0 Å². The van der Waals surface area contributed by atoms with Gasteiger partial charge in [0.15, 0.2) is 0 Å². The summed E-state index contributed by atoms with van der Waals surface area (Å²) in [6.07, 6.45) is 0. The lowest BCUT2D eigenvalue weighted by Crippen LogP contribution is -2.05. The maximum atomic E-state index is 13.1. The Morgan fingerprint density at radius 1 is 1.14 bits per heavy atom. The Morgan fingerprint density at radius 2 is 1.91 bits per heavy atom. The second-order valence-corrected chi connectivity index (χ2v) is 6.67. The van der Waals surface area contributed by atoms with E-state index in [2.05, 4.69) is 0 Å². The Kier molecular flexibility index (Phi) is 3.72. The first-order valence-corrected chi connectivity index (χ1v) is 8.22. The van der Waals surface area contributed by atoms with E-state index in [0.717, 1.165) is 0 Å². The molecule has 0 bridgehead atoms. The average Bonchev–Trinajstić information content (AvgIpc) is 2.77. The summed E-state index contributed by atoms with van der Waals surface area (Å²) in [5.74, 6) is -0.0573. The van der Waals surface area contributed by atoms with Crippen molar-refractivity contribution in [3.05, 3.63) is 64.8 Å². The lowest BCUT2D eigenvalue weighted by molar-refractivity contribution is 0.367. The number of fused-ring (bicyclic) bond motifs is 1. The summed E-state index contributed by atoms with van der Waals surface area (Å²) < 4.78 is 43.1. The Balaban J connectivity index is 1.91. The standard InChI is InChI=1S/C16H14FNO3S/c17-13-4-2-5-14(7-13)21-9-12-10-22(19,20)16-11(8-18)3-1-6-15(12)16/h1-7,10H,8-9,18H2. The smallest absolute Gasteiger partial charge is 0.201 e. The summed E-state index contributed by atoms with van der Waals surface area (Å²) in [7, 11) is -3.51. The largest absolute Gasteiger partial charge is 0.489 e. The number of nitrogens with two attached hydrogens (primary N) is 1. The van der Waals surface area contributed by atoms with Crippen LogP contribution in [0, 0.1) is 5.82 Å². The zero-order valence-corrected chi connectivity index (χ0v) is 12.4. The highest BCUT2D eigenvalue weighted by molar-refractivity contribution is 7.95. The van der Waals surface area contributed by atoms with Crippen molar-refractivity contribution >= 4 is 15.4 Å². The third-order valence-corrected chi connectivity index (χ3v) is 5.08. The highest BCUT2D eigenvalue weighted by Crippen LogP contribution is 2.36. The van der Waals surface area contributed by atoms with Crippen molar-refractivity contribution in [1.82, 2.24) is 0 Å². The normalized spacial score (nSPS) is 15.3. The summed E-state index contributed by atoms with van der Waals surface area (Å²) in [5.41, 5.74) is 7.32. The van der Waals surface area contributed by atoms with Gasteiger partial charge in [0.2, 0.25) is 9.84 Å². The fourth-order valence-corrected chi connectivity index (χ4v) is 4.18. The molecule has 1 aliphatic heterocycles. The molecule has 0 saturated carbocycles. The lowest BCUT2D eigenvalue weighted by Gasteiger charge is -2.09. The zero-order valence-electron chi connectivity index (χ0n) is 11.6. The van der Waals surface area contributed by atoms with Crippen molar-refractivity contribution in [2.24, 2.45) is 5.73 Å². The van der Waals surface area contributed by atoms with E-state index in [9.17, 15) is 12.8 Å². The molecule has 2 aromatic carbocycles. The van der Waals surface area contributed by atoms with E-state index in [0.29, 0.717) is 22.4 Å². The summed E-state index contributed by atoms with van der Waals surface area (Å²) in [6, 6.07) is 10.9. The van der Waals surface area contributed by atoms with Gasteiger partial charge in [-0.25, -0.2) is 12.8 Å². The predicted molar refractivity (Wildman–Crippen MR) is 81.4 cm³/mol. The van der Waals surface area contributed by atoms with Crippen molar-refractivity contribution in [2.45, 2.75) is 11.4 Å². The molecule has 0 aliphatic carbocycles. The van der Waals surface area contributed by atoms with E-state index in [1.165, 1.54) is 23.6 Å². The van der Waals surface area contributed by atoms with Gasteiger partial charge in [0, 0.05) is 29.2 Å². The fourth-order valence-electron chi connectivity index (χ4n) is 2.47. The predicted octanol–water partition coefficient (Wildman–Crippen LogP) is 2.49. The van der Waals surface area contributed by atoms with Crippen LogP contribution in [0.1, 0.15) is 11.1 Å². The molecule has 1 aliphatic rings. The van der Waals surface area contributed by atoms with Crippen molar-refractivity contribution in [1.29, 1.82) is 0 Å². The maximum Gasteiger partial charge on any atom is 0.201 e. The van der Waals surface area contributed by atoms with Gasteiger partial charge in [-0.2, -0.15) is 0 Å². The van der Waals surface area contributed by atoms with Gasteiger partial charge in [-0.05, 0) is 17.7 Å². The molecule has 6 heteroatoms. The van der Waals surface area contributed by atoms with Gasteiger partial charge in [0.05, 0.1) is 4.90 Å². The van der Waals surface area contributed by atoms with E-state index in [1.54, 1.807) is 24.3 Å². The maximum absolute atomic E-state index is 13.1. The van der Waals surface area contributed by atoms with Crippen LogP contribution < -0.4 is 10.5 Å². The molecule has 0 aromatic heterocycles. The van der Waals surface area contributed by atoms with Gasteiger partial charge in [0.1, 0.15) is 18.2 Å². The molecule has 22 heavy (non-hydrogen) atoms. The summed E-state index contributed by atoms with van der Waals surface area (Å²) in [6.45, 7) is 0.192. The first-order valence-electron chi connectivity index (χ1n) is 6.67. The molecule has 0 spiro atoms. The number of hydrogen-bond acceptors (Lipinski definition) is 4. The third-order valence-electron chi connectivity index (χ3n) is 3.43. The molecule has 0 fully saturated rings. The van der Waals surface area contributed by atoms with Crippen LogP contribution in [0.5, 0.6) is 5.75 Å². The molecule has 0 unspecified atom stereocenters. The van der Waals surface area contributed by atoms with Gasteiger partial charge in [-0.15, -0.1) is 0 Å². The summed E-state index contributed by atoms with van der Waals surface area (Å²) in [4.78, 5) is 0.246. The molecule has 0 saturated heterocycles. The molecule has 0 amide bonds. The van der Waals surface area contributed by atoms with Crippen LogP contribution in [-0.2, 0) is 16.4 Å². The van der Waals surface area contributed by atoms with Crippen molar-refractivity contribution < 1.29 is 17.5 Å². The topological polar surface area (TPSA) is 69.4 Å². The highest BCUT2D eigenvalue weighted by atomic mass is 32.2. The summed E-state index contributed by atoms with van der Waals surface area (Å²) >= 11 is 0. The molecule has 114 valence electrons. The van der Waals surface area contributed by atoms with Crippen LogP contribution in [0.3, 0.4) is 0 Å². The Morgan fingerprint density at radius 3 is 2.64 bits per heavy atom. The van der Waals surface area contributed by atoms with Crippen LogP contribution in [0.4, 0.5) is 4.39 Å². The number of hydrogen-bond donors (Lipinski definition) is 1. The summed E-state index contributed by atoms with van der Waals surface area (Å²) in [5, 5.41) is 1.19. The van der Waals surface area contributed by atoms with Gasteiger partial charge >= 0.3 is 0 Å². The van der Waals surface area contributed by atoms with Crippen LogP contribution in [0.15, 0.2) is 52.8 Å². The average molecular weight is 319 g/mol. The van der Waals surface area contributed by atoms with Crippen LogP contribution in [0.25, 0.3) is 5.57 Å². The van der Waals surface area contributed by atoms with Crippen molar-refractivity contribution in [2.75, 3.05) is 6.61 Å². The molecule has 3 rings (SSSR count). The third kappa shape index (κ3) is 2.63. The lowest BCUT2D eigenvalue weighted by atomic mass is 10.1. The molecule has 2 aromatic rings. The number of sulfone groups is 1. The molecule has 0 radical (unpaired) electrons.